The predicted octanol–water partition coefficient (Wildman–Crippen LogP) is 4.81. The first-order valence-corrected chi connectivity index (χ1v) is 13.7. The lowest BCUT2D eigenvalue weighted by molar-refractivity contribution is 0.00929. The van der Waals surface area contributed by atoms with Crippen LogP contribution in [0.2, 0.25) is 10.2 Å². The molecule has 0 aliphatic carbocycles. The molecule has 38 heavy (non-hydrogen) atoms. The number of carbonyl (C=O) groups excluding carboxylic acids is 1. The second kappa shape index (κ2) is 12.4. The largest absolute Gasteiger partial charge is 0.444 e. The highest BCUT2D eigenvalue weighted by atomic mass is 35.5. The van der Waals surface area contributed by atoms with Crippen molar-refractivity contribution in [3.63, 3.8) is 0 Å². The van der Waals surface area contributed by atoms with Crippen molar-refractivity contribution < 1.29 is 9.53 Å². The number of nitrogens with one attached hydrogen (secondary N) is 3. The number of rotatable bonds is 9. The maximum absolute atomic E-state index is 13.0. The highest BCUT2D eigenvalue weighted by Gasteiger charge is 2.30. The van der Waals surface area contributed by atoms with E-state index >= 15 is 0 Å². The van der Waals surface area contributed by atoms with E-state index in [0.29, 0.717) is 44.2 Å². The minimum atomic E-state index is -0.538. The molecule has 0 radical (unpaired) electrons. The van der Waals surface area contributed by atoms with Crippen molar-refractivity contribution in [2.45, 2.75) is 71.2 Å². The Bertz CT molecular complexity index is 1320. The smallest absolute Gasteiger partial charge is 0.410 e. The lowest BCUT2D eigenvalue weighted by Crippen LogP contribution is -2.46. The summed E-state index contributed by atoms with van der Waals surface area (Å²) in [6.07, 6.45) is 4.80. The molecule has 2 aromatic heterocycles. The molecule has 3 heterocycles. The van der Waals surface area contributed by atoms with Gasteiger partial charge in [-0.3, -0.25) is 14.5 Å². The van der Waals surface area contributed by atoms with E-state index in [4.69, 9.17) is 27.9 Å². The number of fused-ring (bicyclic) bond motifs is 1. The summed E-state index contributed by atoms with van der Waals surface area (Å²) in [5, 5.41) is 15.7. The van der Waals surface area contributed by atoms with Gasteiger partial charge in [-0.05, 0) is 64.7 Å². The molecule has 0 spiro atoms. The van der Waals surface area contributed by atoms with E-state index in [0.717, 1.165) is 35.9 Å². The van der Waals surface area contributed by atoms with Crippen LogP contribution in [-0.4, -0.2) is 62.0 Å². The molecule has 1 unspecified atom stereocenters. The second-order valence-electron chi connectivity index (χ2n) is 10.5. The van der Waals surface area contributed by atoms with Crippen LogP contribution in [0.15, 0.2) is 29.2 Å². The normalized spacial score (nSPS) is 16.1. The van der Waals surface area contributed by atoms with Gasteiger partial charge in [-0.1, -0.05) is 23.2 Å². The number of hydrogen-bond acceptors (Lipinski definition) is 7. The Morgan fingerprint density at radius 1 is 1.24 bits per heavy atom. The molecule has 1 saturated heterocycles. The summed E-state index contributed by atoms with van der Waals surface area (Å²) in [6.45, 7) is 8.17. The third-order valence-electron chi connectivity index (χ3n) is 6.44. The lowest BCUT2D eigenvalue weighted by atomic mass is 10.00. The molecular weight excluding hydrogens is 529 g/mol. The first kappa shape index (κ1) is 28.2. The van der Waals surface area contributed by atoms with Crippen molar-refractivity contribution in [1.82, 2.24) is 30.0 Å². The number of piperidine rings is 1. The fourth-order valence-corrected chi connectivity index (χ4v) is 4.97. The number of carbonyl (C=O) groups is 1. The topological polar surface area (TPSA) is 117 Å². The third kappa shape index (κ3) is 7.18. The maximum atomic E-state index is 13.0. The van der Waals surface area contributed by atoms with Crippen LogP contribution in [-0.2, 0) is 17.8 Å². The zero-order chi connectivity index (χ0) is 27.3. The van der Waals surface area contributed by atoms with Crippen LogP contribution in [0.1, 0.15) is 52.1 Å². The SMILES string of the molecule is CC(C)(C)OC(=O)N1CCCCC1CCNc1ncc(Cl)n(CCNCc2n[nH]c3ccc(Cl)cc23)c1=O. The molecule has 206 valence electrons. The quantitative estimate of drug-likeness (QED) is 0.320. The van der Waals surface area contributed by atoms with E-state index in [1.54, 1.807) is 0 Å². The number of halogens is 2. The highest BCUT2D eigenvalue weighted by molar-refractivity contribution is 6.31. The zero-order valence-electron chi connectivity index (χ0n) is 22.0. The van der Waals surface area contributed by atoms with Crippen molar-refractivity contribution in [2.75, 3.05) is 25.0 Å². The summed E-state index contributed by atoms with van der Waals surface area (Å²) in [6, 6.07) is 5.63. The summed E-state index contributed by atoms with van der Waals surface area (Å²) in [4.78, 5) is 31.7. The van der Waals surface area contributed by atoms with Gasteiger partial charge in [0.2, 0.25) is 0 Å². The van der Waals surface area contributed by atoms with E-state index < -0.39 is 5.60 Å². The van der Waals surface area contributed by atoms with Crippen molar-refractivity contribution in [3.8, 4) is 0 Å². The van der Waals surface area contributed by atoms with Gasteiger partial charge in [-0.2, -0.15) is 5.10 Å². The standard InChI is InChI=1S/C26H35Cl2N7O3/c1-26(2,3)38-25(37)34-12-5-4-6-18(34)9-10-30-23-24(36)35(22(28)16-31-23)13-11-29-15-21-19-14-17(27)7-8-20(19)32-33-21/h7-8,14,16,18,29H,4-6,9-13,15H2,1-3H3,(H,30,31)(H,32,33). The van der Waals surface area contributed by atoms with Crippen LogP contribution in [0.4, 0.5) is 10.6 Å². The number of ether oxygens (including phenoxy) is 1. The average Bonchev–Trinajstić information content (AvgIpc) is 3.26. The molecule has 10 nitrogen and oxygen atoms in total. The van der Waals surface area contributed by atoms with Crippen LogP contribution in [0.5, 0.6) is 0 Å². The second-order valence-corrected chi connectivity index (χ2v) is 11.3. The summed E-state index contributed by atoms with van der Waals surface area (Å²) < 4.78 is 7.07. The summed E-state index contributed by atoms with van der Waals surface area (Å²) >= 11 is 12.4. The van der Waals surface area contributed by atoms with Crippen molar-refractivity contribution in [3.05, 3.63) is 50.6 Å². The van der Waals surface area contributed by atoms with Crippen LogP contribution in [0, 0.1) is 0 Å². The predicted molar refractivity (Wildman–Crippen MR) is 150 cm³/mol. The van der Waals surface area contributed by atoms with Crippen LogP contribution < -0.4 is 16.2 Å². The number of anilines is 1. The molecule has 12 heteroatoms. The zero-order valence-corrected chi connectivity index (χ0v) is 23.5. The summed E-state index contributed by atoms with van der Waals surface area (Å²) in [5.41, 5.74) is 0.937. The van der Waals surface area contributed by atoms with Crippen molar-refractivity contribution >= 4 is 46.0 Å². The summed E-state index contributed by atoms with van der Waals surface area (Å²) in [5.74, 6) is 0.238. The molecule has 1 aromatic carbocycles. The molecule has 0 saturated carbocycles. The first-order valence-electron chi connectivity index (χ1n) is 12.9. The number of aromatic nitrogens is 4. The fourth-order valence-electron chi connectivity index (χ4n) is 4.59. The molecule has 4 rings (SSSR count). The molecule has 0 bridgehead atoms. The van der Waals surface area contributed by atoms with E-state index in [2.05, 4.69) is 25.8 Å². The Balaban J connectivity index is 1.31. The Hall–Kier alpha value is -2.82. The van der Waals surface area contributed by atoms with Crippen LogP contribution in [0.3, 0.4) is 0 Å². The number of nitrogens with zero attached hydrogens (tertiary/aromatic N) is 4. The molecule has 1 fully saturated rings. The third-order valence-corrected chi connectivity index (χ3v) is 6.98. The molecule has 1 aliphatic heterocycles. The minimum absolute atomic E-state index is 0.0535. The number of hydrogen-bond donors (Lipinski definition) is 3. The van der Waals surface area contributed by atoms with Gasteiger partial charge >= 0.3 is 6.09 Å². The van der Waals surface area contributed by atoms with Gasteiger partial charge in [0, 0.05) is 49.2 Å². The van der Waals surface area contributed by atoms with Crippen molar-refractivity contribution in [2.24, 2.45) is 0 Å². The van der Waals surface area contributed by atoms with Crippen LogP contribution >= 0.6 is 23.2 Å². The highest BCUT2D eigenvalue weighted by Crippen LogP contribution is 2.23. The van der Waals surface area contributed by atoms with Crippen LogP contribution in [0.25, 0.3) is 10.9 Å². The number of benzene rings is 1. The number of amides is 1. The number of aromatic amines is 1. The Labute approximate surface area is 232 Å². The monoisotopic (exact) mass is 563 g/mol. The van der Waals surface area contributed by atoms with Gasteiger partial charge in [0.15, 0.2) is 5.82 Å². The number of likely N-dealkylation sites (tertiary alicyclic amines) is 1. The molecule has 1 atom stereocenters. The summed E-state index contributed by atoms with van der Waals surface area (Å²) in [7, 11) is 0. The number of H-pyrrole nitrogens is 1. The fraction of sp³-hybridized carbons (Fsp3) is 0.538. The van der Waals surface area contributed by atoms with Gasteiger partial charge in [0.05, 0.1) is 17.4 Å². The Morgan fingerprint density at radius 2 is 2.05 bits per heavy atom. The van der Waals surface area contributed by atoms with E-state index in [1.165, 1.54) is 10.8 Å². The molecule has 3 aromatic rings. The van der Waals surface area contributed by atoms with Gasteiger partial charge < -0.3 is 20.3 Å². The maximum Gasteiger partial charge on any atom is 0.410 e. The Kier molecular flexibility index (Phi) is 9.17. The van der Waals surface area contributed by atoms with Crippen molar-refractivity contribution in [1.29, 1.82) is 0 Å². The van der Waals surface area contributed by atoms with E-state index in [-0.39, 0.29) is 28.7 Å². The van der Waals surface area contributed by atoms with E-state index in [9.17, 15) is 9.59 Å². The van der Waals surface area contributed by atoms with Gasteiger partial charge in [0.25, 0.3) is 5.56 Å². The van der Waals surface area contributed by atoms with E-state index in [1.807, 2.05) is 43.9 Å². The molecule has 1 aliphatic rings. The molecule has 1 amide bonds. The van der Waals surface area contributed by atoms with Gasteiger partial charge in [-0.15, -0.1) is 0 Å². The lowest BCUT2D eigenvalue weighted by Gasteiger charge is -2.36. The average molecular weight is 565 g/mol. The Morgan fingerprint density at radius 3 is 2.84 bits per heavy atom. The van der Waals surface area contributed by atoms with Gasteiger partial charge in [-0.25, -0.2) is 9.78 Å². The minimum Gasteiger partial charge on any atom is -0.444 e. The van der Waals surface area contributed by atoms with Gasteiger partial charge in [0.1, 0.15) is 10.8 Å². The molecule has 3 N–H and O–H groups in total. The first-order chi connectivity index (χ1) is 18.1. The molecular formula is C26H35Cl2N7O3.